The third kappa shape index (κ3) is 2.82. The second kappa shape index (κ2) is 4.62. The number of hydrogen-bond donors (Lipinski definition) is 4. The van der Waals surface area contributed by atoms with Crippen LogP contribution < -0.4 is 16.6 Å². The van der Waals surface area contributed by atoms with E-state index >= 15 is 0 Å². The predicted molar refractivity (Wildman–Crippen MR) is 59.7 cm³/mol. The summed E-state index contributed by atoms with van der Waals surface area (Å²) in [6.45, 7) is 0. The predicted octanol–water partition coefficient (Wildman–Crippen LogP) is 1.32. The van der Waals surface area contributed by atoms with Gasteiger partial charge >= 0.3 is 6.18 Å². The Kier molecular flexibility index (Phi) is 3.31. The third-order valence-electron chi connectivity index (χ3n) is 2.77. The van der Waals surface area contributed by atoms with E-state index in [0.717, 1.165) is 12.1 Å². The van der Waals surface area contributed by atoms with Gasteiger partial charge < -0.3 is 15.8 Å². The van der Waals surface area contributed by atoms with E-state index in [4.69, 9.17) is 10.9 Å². The highest BCUT2D eigenvalue weighted by Gasteiger charge is 2.33. The first-order chi connectivity index (χ1) is 8.38. The normalized spacial score (nSPS) is 23.4. The summed E-state index contributed by atoms with van der Waals surface area (Å²) in [7, 11) is 0. The Morgan fingerprint density at radius 3 is 2.39 bits per heavy atom. The van der Waals surface area contributed by atoms with Crippen LogP contribution in [0.3, 0.4) is 0 Å². The van der Waals surface area contributed by atoms with Gasteiger partial charge in [-0.2, -0.15) is 13.2 Å². The minimum atomic E-state index is -4.45. The number of hydrogen-bond acceptors (Lipinski definition) is 5. The zero-order valence-electron chi connectivity index (χ0n) is 9.33. The fourth-order valence-corrected chi connectivity index (χ4v) is 1.76. The number of aliphatic hydroxyl groups excluding tert-OH is 1. The van der Waals surface area contributed by atoms with Gasteiger partial charge in [-0.25, -0.2) is 10.8 Å². The van der Waals surface area contributed by atoms with Crippen LogP contribution in [0.5, 0.6) is 0 Å². The number of aromatic nitrogens is 1. The Balaban J connectivity index is 2.18. The van der Waals surface area contributed by atoms with Crippen molar-refractivity contribution in [3.8, 4) is 0 Å². The van der Waals surface area contributed by atoms with E-state index in [1.807, 2.05) is 0 Å². The molecule has 0 aromatic carbocycles. The lowest BCUT2D eigenvalue weighted by Crippen LogP contribution is -2.39. The molecular formula is C10H13F3N4O. The van der Waals surface area contributed by atoms with E-state index in [0.29, 0.717) is 12.8 Å². The monoisotopic (exact) mass is 262 g/mol. The smallest absolute Gasteiger partial charge is 0.393 e. The van der Waals surface area contributed by atoms with E-state index in [9.17, 15) is 13.2 Å². The van der Waals surface area contributed by atoms with Crippen molar-refractivity contribution in [2.24, 2.45) is 5.84 Å². The van der Waals surface area contributed by atoms with Crippen molar-refractivity contribution in [1.82, 2.24) is 4.98 Å². The molecule has 8 heteroatoms. The van der Waals surface area contributed by atoms with E-state index in [1.54, 1.807) is 0 Å². The summed E-state index contributed by atoms with van der Waals surface area (Å²) in [6, 6.07) is 1.70. The Bertz CT molecular complexity index is 432. The number of pyridine rings is 1. The third-order valence-corrected chi connectivity index (χ3v) is 2.77. The quantitative estimate of drug-likeness (QED) is 0.488. The van der Waals surface area contributed by atoms with Gasteiger partial charge in [-0.05, 0) is 25.0 Å². The van der Waals surface area contributed by atoms with Crippen molar-refractivity contribution >= 4 is 11.6 Å². The number of halogens is 3. The van der Waals surface area contributed by atoms with Crippen LogP contribution in [0.2, 0.25) is 0 Å². The standard InChI is InChI=1S/C10H13F3N4O/c11-10(12,13)5-1-8(16-9(2-5)17-14)15-6-3-7(18)4-6/h1-2,6-7,18H,3-4,14H2,(H2,15,16,17). The second-order valence-corrected chi connectivity index (χ2v) is 4.23. The molecule has 0 saturated heterocycles. The van der Waals surface area contributed by atoms with Crippen LogP contribution in [0, 0.1) is 0 Å². The highest BCUT2D eigenvalue weighted by Crippen LogP contribution is 2.33. The van der Waals surface area contributed by atoms with Gasteiger partial charge in [0.05, 0.1) is 11.7 Å². The average Bonchev–Trinajstić information content (AvgIpc) is 2.25. The van der Waals surface area contributed by atoms with Gasteiger partial charge in [-0.1, -0.05) is 0 Å². The molecule has 1 aliphatic rings. The molecule has 0 bridgehead atoms. The number of nitrogens with one attached hydrogen (secondary N) is 2. The molecule has 0 radical (unpaired) electrons. The van der Waals surface area contributed by atoms with Gasteiger partial charge in [0, 0.05) is 6.04 Å². The summed E-state index contributed by atoms with van der Waals surface area (Å²) in [5.41, 5.74) is 1.27. The first-order valence-corrected chi connectivity index (χ1v) is 5.39. The molecule has 5 nitrogen and oxygen atoms in total. The number of anilines is 2. The number of aliphatic hydroxyl groups is 1. The molecule has 0 unspecified atom stereocenters. The minimum Gasteiger partial charge on any atom is -0.393 e. The van der Waals surface area contributed by atoms with Crippen LogP contribution in [-0.4, -0.2) is 22.2 Å². The number of alkyl halides is 3. The molecule has 1 heterocycles. The Morgan fingerprint density at radius 1 is 1.28 bits per heavy atom. The Morgan fingerprint density at radius 2 is 1.89 bits per heavy atom. The van der Waals surface area contributed by atoms with Crippen molar-refractivity contribution in [2.45, 2.75) is 31.2 Å². The summed E-state index contributed by atoms with van der Waals surface area (Å²) in [5, 5.41) is 11.9. The first-order valence-electron chi connectivity index (χ1n) is 5.39. The Labute approximate surface area is 101 Å². The molecule has 1 aromatic heterocycles. The van der Waals surface area contributed by atoms with Gasteiger partial charge in [-0.15, -0.1) is 0 Å². The zero-order chi connectivity index (χ0) is 13.3. The summed E-state index contributed by atoms with van der Waals surface area (Å²) < 4.78 is 37.8. The van der Waals surface area contributed by atoms with Crippen LogP contribution in [0.4, 0.5) is 24.8 Å². The average molecular weight is 262 g/mol. The number of nitrogen functional groups attached to an aromatic ring is 1. The number of hydrazine groups is 1. The largest absolute Gasteiger partial charge is 0.416 e. The van der Waals surface area contributed by atoms with Crippen LogP contribution in [0.15, 0.2) is 12.1 Å². The second-order valence-electron chi connectivity index (χ2n) is 4.23. The molecule has 0 spiro atoms. The van der Waals surface area contributed by atoms with Crippen molar-refractivity contribution in [3.05, 3.63) is 17.7 Å². The van der Waals surface area contributed by atoms with E-state index in [-0.39, 0.29) is 23.8 Å². The van der Waals surface area contributed by atoms with E-state index in [1.165, 1.54) is 0 Å². The molecule has 100 valence electrons. The summed E-state index contributed by atoms with van der Waals surface area (Å²) in [6.07, 6.45) is -3.84. The number of nitrogens with two attached hydrogens (primary N) is 1. The van der Waals surface area contributed by atoms with Gasteiger partial charge in [0.1, 0.15) is 11.6 Å². The highest BCUT2D eigenvalue weighted by atomic mass is 19.4. The maximum atomic E-state index is 12.6. The SMILES string of the molecule is NNc1cc(C(F)(F)F)cc(NC2CC(O)C2)n1. The molecule has 1 aliphatic carbocycles. The van der Waals surface area contributed by atoms with Gasteiger partial charge in [-0.3, -0.25) is 0 Å². The van der Waals surface area contributed by atoms with Gasteiger partial charge in [0.15, 0.2) is 0 Å². The Hall–Kier alpha value is -1.54. The molecule has 18 heavy (non-hydrogen) atoms. The number of rotatable bonds is 3. The highest BCUT2D eigenvalue weighted by molar-refractivity contribution is 5.49. The molecule has 2 rings (SSSR count). The fourth-order valence-electron chi connectivity index (χ4n) is 1.76. The van der Waals surface area contributed by atoms with Crippen LogP contribution in [0.1, 0.15) is 18.4 Å². The van der Waals surface area contributed by atoms with Crippen LogP contribution >= 0.6 is 0 Å². The topological polar surface area (TPSA) is 83.2 Å². The molecule has 0 amide bonds. The molecule has 5 N–H and O–H groups in total. The molecule has 0 aliphatic heterocycles. The summed E-state index contributed by atoms with van der Waals surface area (Å²) in [4.78, 5) is 3.88. The molecule has 0 atom stereocenters. The minimum absolute atomic E-state index is 0.0541. The molecule has 1 saturated carbocycles. The first kappa shape index (κ1) is 12.9. The lowest BCUT2D eigenvalue weighted by Gasteiger charge is -2.32. The lowest BCUT2D eigenvalue weighted by molar-refractivity contribution is -0.137. The maximum Gasteiger partial charge on any atom is 0.416 e. The van der Waals surface area contributed by atoms with Crippen LogP contribution in [-0.2, 0) is 6.18 Å². The summed E-state index contributed by atoms with van der Waals surface area (Å²) >= 11 is 0. The van der Waals surface area contributed by atoms with Gasteiger partial charge in [0.25, 0.3) is 0 Å². The molecular weight excluding hydrogens is 249 g/mol. The van der Waals surface area contributed by atoms with Gasteiger partial charge in [0.2, 0.25) is 0 Å². The maximum absolute atomic E-state index is 12.6. The van der Waals surface area contributed by atoms with Crippen molar-refractivity contribution in [1.29, 1.82) is 0 Å². The lowest BCUT2D eigenvalue weighted by atomic mass is 9.89. The van der Waals surface area contributed by atoms with Crippen molar-refractivity contribution < 1.29 is 18.3 Å². The van der Waals surface area contributed by atoms with E-state index < -0.39 is 11.7 Å². The van der Waals surface area contributed by atoms with Crippen LogP contribution in [0.25, 0.3) is 0 Å². The van der Waals surface area contributed by atoms with E-state index in [2.05, 4.69) is 15.7 Å². The molecule has 1 fully saturated rings. The number of nitrogens with zero attached hydrogens (tertiary/aromatic N) is 1. The van der Waals surface area contributed by atoms with Crippen molar-refractivity contribution in [3.63, 3.8) is 0 Å². The fraction of sp³-hybridized carbons (Fsp3) is 0.500. The molecule has 1 aromatic rings. The van der Waals surface area contributed by atoms with Crippen molar-refractivity contribution in [2.75, 3.05) is 10.7 Å². The zero-order valence-corrected chi connectivity index (χ0v) is 9.33. The summed E-state index contributed by atoms with van der Waals surface area (Å²) in [5.74, 6) is 5.11.